The minimum absolute atomic E-state index is 0.0517. The molecule has 1 aromatic carbocycles. The second-order valence-electron chi connectivity index (χ2n) is 7.91. The van der Waals surface area contributed by atoms with Crippen LogP contribution in [0.4, 0.5) is 0 Å². The van der Waals surface area contributed by atoms with Crippen LogP contribution in [0.1, 0.15) is 34.7 Å². The topological polar surface area (TPSA) is 70.2 Å². The van der Waals surface area contributed by atoms with E-state index >= 15 is 0 Å². The fourth-order valence-electron chi connectivity index (χ4n) is 4.11. The quantitative estimate of drug-likeness (QED) is 0.273. The number of oxazole rings is 1. The first-order chi connectivity index (χ1) is 15.7. The summed E-state index contributed by atoms with van der Waals surface area (Å²) in [5, 5.41) is 1.52. The molecule has 0 N–H and O–H groups in total. The molecule has 0 saturated heterocycles. The molecule has 1 aliphatic carbocycles. The van der Waals surface area contributed by atoms with Crippen LogP contribution >= 0.6 is 23.1 Å². The second kappa shape index (κ2) is 9.21. The molecule has 0 unspecified atom stereocenters. The van der Waals surface area contributed by atoms with Gasteiger partial charge in [-0.15, -0.1) is 11.3 Å². The Bertz CT molecular complexity index is 1310. The third-order valence-corrected chi connectivity index (χ3v) is 7.98. The summed E-state index contributed by atoms with van der Waals surface area (Å²) in [5.74, 6) is 1.98. The Morgan fingerprint density at radius 1 is 1.19 bits per heavy atom. The number of thiophene rings is 1. The summed E-state index contributed by atoms with van der Waals surface area (Å²) in [6.07, 6.45) is 4.36. The first-order valence-corrected chi connectivity index (χ1v) is 12.6. The van der Waals surface area contributed by atoms with Crippen molar-refractivity contribution in [3.63, 3.8) is 0 Å². The maximum atomic E-state index is 13.5. The highest BCUT2D eigenvalue weighted by atomic mass is 32.2. The Labute approximate surface area is 194 Å². The predicted octanol–water partition coefficient (Wildman–Crippen LogP) is 5.24. The average molecular weight is 468 g/mol. The molecule has 6 nitrogen and oxygen atoms in total. The highest BCUT2D eigenvalue weighted by molar-refractivity contribution is 7.98. The maximum absolute atomic E-state index is 13.5. The number of benzene rings is 1. The van der Waals surface area contributed by atoms with Gasteiger partial charge < -0.3 is 9.15 Å². The van der Waals surface area contributed by atoms with Crippen molar-refractivity contribution >= 4 is 33.3 Å². The van der Waals surface area contributed by atoms with Crippen LogP contribution in [0.25, 0.3) is 21.7 Å². The molecule has 0 amide bonds. The van der Waals surface area contributed by atoms with Crippen LogP contribution in [0.5, 0.6) is 0 Å². The zero-order valence-electron chi connectivity index (χ0n) is 18.2. The molecule has 4 aromatic rings. The molecule has 1 aliphatic rings. The third-order valence-electron chi connectivity index (χ3n) is 5.81. The number of fused-ring (bicyclic) bond motifs is 3. The van der Waals surface area contributed by atoms with Crippen molar-refractivity contribution in [2.45, 2.75) is 50.1 Å². The van der Waals surface area contributed by atoms with Crippen molar-refractivity contribution in [1.29, 1.82) is 0 Å². The standard InChI is InChI=1S/C24H25N3O3S2/c1-15-18(25-21(30-15)16-8-4-3-5-9-16)14-31-24-26-22-20(23(28)27(24)12-13-29-2)17-10-6-7-11-19(17)32-22/h3-5,8-9H,6-7,10-14H2,1-2H3. The van der Waals surface area contributed by atoms with Gasteiger partial charge in [-0.25, -0.2) is 9.97 Å². The van der Waals surface area contributed by atoms with Crippen LogP contribution in [0.15, 0.2) is 44.7 Å². The highest BCUT2D eigenvalue weighted by Gasteiger charge is 2.22. The number of hydrogen-bond donors (Lipinski definition) is 0. The average Bonchev–Trinajstić information content (AvgIpc) is 3.38. The first kappa shape index (κ1) is 21.4. The van der Waals surface area contributed by atoms with Gasteiger partial charge in [-0.3, -0.25) is 9.36 Å². The van der Waals surface area contributed by atoms with Gasteiger partial charge in [0.2, 0.25) is 5.89 Å². The predicted molar refractivity (Wildman–Crippen MR) is 129 cm³/mol. The molecule has 0 aliphatic heterocycles. The van der Waals surface area contributed by atoms with E-state index in [2.05, 4.69) is 0 Å². The number of ether oxygens (including phenoxy) is 1. The lowest BCUT2D eigenvalue weighted by Crippen LogP contribution is -2.25. The minimum Gasteiger partial charge on any atom is -0.441 e. The Morgan fingerprint density at radius 2 is 2.00 bits per heavy atom. The van der Waals surface area contributed by atoms with E-state index in [0.29, 0.717) is 30.0 Å². The van der Waals surface area contributed by atoms with Crippen LogP contribution in [0.2, 0.25) is 0 Å². The Balaban J connectivity index is 1.48. The number of nitrogens with zero attached hydrogens (tertiary/aromatic N) is 3. The molecule has 3 heterocycles. The fraction of sp³-hybridized carbons (Fsp3) is 0.375. The van der Waals surface area contributed by atoms with E-state index in [0.717, 1.165) is 46.5 Å². The molecular weight excluding hydrogens is 442 g/mol. The SMILES string of the molecule is COCCn1c(SCc2nc(-c3ccccc3)oc2C)nc2sc3c(c2c1=O)CCCC3. The molecule has 0 bridgehead atoms. The summed E-state index contributed by atoms with van der Waals surface area (Å²) in [5.41, 5.74) is 3.09. The summed E-state index contributed by atoms with van der Waals surface area (Å²) in [7, 11) is 1.65. The molecule has 3 aromatic heterocycles. The van der Waals surface area contributed by atoms with Crippen molar-refractivity contribution in [3.8, 4) is 11.5 Å². The number of hydrogen-bond acceptors (Lipinski definition) is 7. The lowest BCUT2D eigenvalue weighted by molar-refractivity contribution is 0.183. The van der Waals surface area contributed by atoms with Crippen LogP contribution < -0.4 is 5.56 Å². The van der Waals surface area contributed by atoms with E-state index in [1.807, 2.05) is 37.3 Å². The van der Waals surface area contributed by atoms with Crippen LogP contribution in [-0.4, -0.2) is 28.3 Å². The van der Waals surface area contributed by atoms with Gasteiger partial charge in [0, 0.05) is 23.3 Å². The van der Waals surface area contributed by atoms with Gasteiger partial charge in [0.25, 0.3) is 5.56 Å². The van der Waals surface area contributed by atoms with Crippen molar-refractivity contribution in [2.24, 2.45) is 0 Å². The van der Waals surface area contributed by atoms with E-state index in [4.69, 9.17) is 19.1 Å². The maximum Gasteiger partial charge on any atom is 0.263 e. The number of thioether (sulfide) groups is 1. The van der Waals surface area contributed by atoms with Gasteiger partial charge in [0.05, 0.1) is 24.2 Å². The van der Waals surface area contributed by atoms with E-state index in [1.165, 1.54) is 28.6 Å². The van der Waals surface area contributed by atoms with Gasteiger partial charge in [-0.05, 0) is 50.3 Å². The molecule has 0 spiro atoms. The summed E-state index contributed by atoms with van der Waals surface area (Å²) >= 11 is 3.21. The molecule has 32 heavy (non-hydrogen) atoms. The number of aromatic nitrogens is 3. The fourth-order valence-corrected chi connectivity index (χ4v) is 6.44. The van der Waals surface area contributed by atoms with Crippen molar-refractivity contribution in [1.82, 2.24) is 14.5 Å². The number of rotatable bonds is 7. The summed E-state index contributed by atoms with van der Waals surface area (Å²) < 4.78 is 12.9. The smallest absolute Gasteiger partial charge is 0.263 e. The van der Waals surface area contributed by atoms with Gasteiger partial charge >= 0.3 is 0 Å². The van der Waals surface area contributed by atoms with Crippen molar-refractivity contribution in [3.05, 3.63) is 62.6 Å². The zero-order chi connectivity index (χ0) is 22.1. The van der Waals surface area contributed by atoms with E-state index in [9.17, 15) is 4.79 Å². The van der Waals surface area contributed by atoms with E-state index < -0.39 is 0 Å². The van der Waals surface area contributed by atoms with Gasteiger partial charge in [0.15, 0.2) is 5.16 Å². The zero-order valence-corrected chi connectivity index (χ0v) is 19.9. The Kier molecular flexibility index (Phi) is 6.17. The van der Waals surface area contributed by atoms with Crippen molar-refractivity contribution < 1.29 is 9.15 Å². The largest absolute Gasteiger partial charge is 0.441 e. The van der Waals surface area contributed by atoms with Gasteiger partial charge in [-0.2, -0.15) is 0 Å². The summed E-state index contributed by atoms with van der Waals surface area (Å²) in [6, 6.07) is 9.88. The van der Waals surface area contributed by atoms with Crippen LogP contribution in [-0.2, 0) is 29.9 Å². The van der Waals surface area contributed by atoms with Crippen molar-refractivity contribution in [2.75, 3.05) is 13.7 Å². The molecular formula is C24H25N3O3S2. The molecule has 8 heteroatoms. The first-order valence-electron chi connectivity index (χ1n) is 10.8. The van der Waals surface area contributed by atoms with E-state index in [-0.39, 0.29) is 5.56 Å². The van der Waals surface area contributed by atoms with E-state index in [1.54, 1.807) is 23.0 Å². The second-order valence-corrected chi connectivity index (χ2v) is 9.94. The highest BCUT2D eigenvalue weighted by Crippen LogP contribution is 2.35. The summed E-state index contributed by atoms with van der Waals surface area (Å²) in [6.45, 7) is 2.88. The summed E-state index contributed by atoms with van der Waals surface area (Å²) in [4.78, 5) is 25.3. The Hall–Kier alpha value is -2.42. The number of aryl methyl sites for hydroxylation is 3. The molecule has 0 radical (unpaired) electrons. The lowest BCUT2D eigenvalue weighted by Gasteiger charge is -2.13. The molecule has 0 fully saturated rings. The molecule has 0 atom stereocenters. The van der Waals surface area contributed by atoms with Crippen LogP contribution in [0.3, 0.4) is 0 Å². The lowest BCUT2D eigenvalue weighted by atomic mass is 9.97. The molecule has 5 rings (SSSR count). The van der Waals surface area contributed by atoms with Gasteiger partial charge in [-0.1, -0.05) is 30.0 Å². The monoisotopic (exact) mass is 467 g/mol. The molecule has 0 saturated carbocycles. The minimum atomic E-state index is 0.0517. The number of methoxy groups -OCH3 is 1. The van der Waals surface area contributed by atoms with Gasteiger partial charge in [0.1, 0.15) is 10.6 Å². The molecule has 166 valence electrons. The van der Waals surface area contributed by atoms with Crippen LogP contribution in [0, 0.1) is 6.92 Å². The normalized spacial score (nSPS) is 13.6. The Morgan fingerprint density at radius 3 is 2.81 bits per heavy atom. The third kappa shape index (κ3) is 4.02.